The van der Waals surface area contributed by atoms with Gasteiger partial charge in [-0.05, 0) is 18.2 Å². The Labute approximate surface area is 154 Å². The Hall–Kier alpha value is -3.38. The third-order valence-corrected chi connectivity index (χ3v) is 4.09. The van der Waals surface area contributed by atoms with E-state index in [2.05, 4.69) is 15.5 Å². The molecule has 128 valence electrons. The minimum Gasteiger partial charge on any atom is -0.350 e. The van der Waals surface area contributed by atoms with Gasteiger partial charge in [0.25, 0.3) is 5.91 Å². The first-order valence-electron chi connectivity index (χ1n) is 7.82. The lowest BCUT2D eigenvalue weighted by molar-refractivity contribution is 0.0988. The molecule has 0 atom stereocenters. The van der Waals surface area contributed by atoms with Crippen LogP contribution in [0.2, 0.25) is 5.02 Å². The Morgan fingerprint density at radius 2 is 1.96 bits per heavy atom. The largest absolute Gasteiger partial charge is 0.350 e. The predicted molar refractivity (Wildman–Crippen MR) is 98.5 cm³/mol. The van der Waals surface area contributed by atoms with Gasteiger partial charge in [-0.15, -0.1) is 0 Å². The van der Waals surface area contributed by atoms with Crippen molar-refractivity contribution in [3.05, 3.63) is 84.1 Å². The summed E-state index contributed by atoms with van der Waals surface area (Å²) in [5, 5.41) is 7.19. The molecule has 26 heavy (non-hydrogen) atoms. The van der Waals surface area contributed by atoms with Crippen LogP contribution in [0.4, 0.5) is 5.69 Å². The Bertz CT molecular complexity index is 1040. The smallest absolute Gasteiger partial charge is 0.294 e. The van der Waals surface area contributed by atoms with E-state index in [-0.39, 0.29) is 5.76 Å². The van der Waals surface area contributed by atoms with Crippen molar-refractivity contribution < 1.29 is 9.32 Å². The minimum atomic E-state index is -0.397. The molecule has 1 amide bonds. The highest BCUT2D eigenvalue weighted by molar-refractivity contribution is 6.32. The van der Waals surface area contributed by atoms with Crippen LogP contribution in [-0.2, 0) is 0 Å². The van der Waals surface area contributed by atoms with Gasteiger partial charge in [0.05, 0.1) is 17.0 Å². The summed E-state index contributed by atoms with van der Waals surface area (Å²) >= 11 is 6.30. The van der Waals surface area contributed by atoms with E-state index in [0.717, 1.165) is 11.3 Å². The van der Waals surface area contributed by atoms with E-state index >= 15 is 0 Å². The zero-order chi connectivity index (χ0) is 17.9. The third-order valence-electron chi connectivity index (χ3n) is 3.79. The normalized spacial score (nSPS) is 10.7. The Kier molecular flexibility index (Phi) is 4.25. The van der Waals surface area contributed by atoms with Crippen LogP contribution < -0.4 is 5.32 Å². The quantitative estimate of drug-likeness (QED) is 0.581. The molecule has 0 aliphatic carbocycles. The van der Waals surface area contributed by atoms with Crippen molar-refractivity contribution in [2.75, 3.05) is 5.32 Å². The molecule has 1 N–H and O–H groups in total. The van der Waals surface area contributed by atoms with Crippen LogP contribution in [0.25, 0.3) is 16.9 Å². The van der Waals surface area contributed by atoms with Crippen LogP contribution >= 0.6 is 11.6 Å². The fourth-order valence-corrected chi connectivity index (χ4v) is 2.79. The third kappa shape index (κ3) is 3.22. The van der Waals surface area contributed by atoms with Crippen molar-refractivity contribution in [1.29, 1.82) is 0 Å². The highest BCUT2D eigenvalue weighted by atomic mass is 35.5. The van der Waals surface area contributed by atoms with Gasteiger partial charge >= 0.3 is 0 Å². The number of anilines is 1. The molecule has 4 rings (SSSR count). The van der Waals surface area contributed by atoms with Crippen LogP contribution in [0.1, 0.15) is 10.6 Å². The van der Waals surface area contributed by atoms with Crippen molar-refractivity contribution >= 4 is 23.2 Å². The molecule has 2 aromatic heterocycles. The van der Waals surface area contributed by atoms with Crippen LogP contribution in [0.3, 0.4) is 0 Å². The highest BCUT2D eigenvalue weighted by Crippen LogP contribution is 2.25. The average Bonchev–Trinajstić information content (AvgIpc) is 3.35. The molecule has 0 aliphatic rings. The number of nitrogens with zero attached hydrogens (tertiary/aromatic N) is 3. The van der Waals surface area contributed by atoms with Gasteiger partial charge in [-0.3, -0.25) is 4.79 Å². The molecule has 0 fully saturated rings. The molecule has 0 unspecified atom stereocenters. The lowest BCUT2D eigenvalue weighted by atomic mass is 10.1. The fourth-order valence-electron chi connectivity index (χ4n) is 2.52. The highest BCUT2D eigenvalue weighted by Gasteiger charge is 2.15. The van der Waals surface area contributed by atoms with E-state index in [4.69, 9.17) is 16.1 Å². The summed E-state index contributed by atoms with van der Waals surface area (Å²) in [5.74, 6) is -0.273. The molecule has 2 aromatic carbocycles. The zero-order valence-electron chi connectivity index (χ0n) is 13.5. The van der Waals surface area contributed by atoms with Gasteiger partial charge in [0.1, 0.15) is 5.69 Å². The molecule has 4 aromatic rings. The number of benzene rings is 2. The first-order chi connectivity index (χ1) is 12.7. The summed E-state index contributed by atoms with van der Waals surface area (Å²) in [7, 11) is 0. The van der Waals surface area contributed by atoms with Gasteiger partial charge in [0.15, 0.2) is 0 Å². The van der Waals surface area contributed by atoms with E-state index in [1.54, 1.807) is 47.6 Å². The first-order valence-corrected chi connectivity index (χ1v) is 8.20. The van der Waals surface area contributed by atoms with Crippen LogP contribution in [0.5, 0.6) is 0 Å². The predicted octanol–water partition coefficient (Wildman–Crippen LogP) is 4.43. The number of halogens is 1. The zero-order valence-corrected chi connectivity index (χ0v) is 14.2. The van der Waals surface area contributed by atoms with Gasteiger partial charge < -0.3 is 14.4 Å². The Morgan fingerprint density at radius 1 is 1.12 bits per heavy atom. The summed E-state index contributed by atoms with van der Waals surface area (Å²) < 4.78 is 6.95. The summed E-state index contributed by atoms with van der Waals surface area (Å²) in [6, 6.07) is 16.3. The van der Waals surface area contributed by atoms with Crippen molar-refractivity contribution in [2.45, 2.75) is 0 Å². The number of amides is 1. The van der Waals surface area contributed by atoms with E-state index in [0.29, 0.717) is 16.4 Å². The fraction of sp³-hybridized carbons (Fsp3) is 0. The van der Waals surface area contributed by atoms with E-state index in [1.807, 2.05) is 30.3 Å². The van der Waals surface area contributed by atoms with E-state index < -0.39 is 5.91 Å². The summed E-state index contributed by atoms with van der Waals surface area (Å²) in [4.78, 5) is 16.4. The maximum absolute atomic E-state index is 12.4. The van der Waals surface area contributed by atoms with Gasteiger partial charge in [-0.25, -0.2) is 4.98 Å². The molecule has 0 saturated carbocycles. The lowest BCUT2D eigenvalue weighted by Gasteiger charge is -2.08. The van der Waals surface area contributed by atoms with Gasteiger partial charge in [0, 0.05) is 29.7 Å². The SMILES string of the molecule is O=C(Nc1ccc(-n2ccnc2)c(Cl)c1)c1cc(-c2ccccc2)no1. The second-order valence-electron chi connectivity index (χ2n) is 5.53. The maximum Gasteiger partial charge on any atom is 0.294 e. The Morgan fingerprint density at radius 3 is 2.69 bits per heavy atom. The molecule has 7 heteroatoms. The second-order valence-corrected chi connectivity index (χ2v) is 5.94. The number of aromatic nitrogens is 3. The number of carbonyl (C=O) groups is 1. The summed E-state index contributed by atoms with van der Waals surface area (Å²) in [6.07, 6.45) is 5.11. The Balaban J connectivity index is 1.52. The molecule has 0 saturated heterocycles. The summed E-state index contributed by atoms with van der Waals surface area (Å²) in [6.45, 7) is 0. The molecule has 0 bridgehead atoms. The number of hydrogen-bond acceptors (Lipinski definition) is 4. The molecule has 6 nitrogen and oxygen atoms in total. The molecular formula is C19H13ClN4O2. The molecule has 0 radical (unpaired) electrons. The number of nitrogens with one attached hydrogen (secondary N) is 1. The van der Waals surface area contributed by atoms with Gasteiger partial charge in [-0.2, -0.15) is 0 Å². The first kappa shape index (κ1) is 16.1. The van der Waals surface area contributed by atoms with Crippen molar-refractivity contribution in [3.8, 4) is 16.9 Å². The second kappa shape index (κ2) is 6.85. The number of rotatable bonds is 4. The average molecular weight is 365 g/mol. The minimum absolute atomic E-state index is 0.124. The van der Waals surface area contributed by atoms with Crippen LogP contribution in [0.15, 0.2) is 77.8 Å². The number of hydrogen-bond donors (Lipinski definition) is 1. The number of imidazole rings is 1. The van der Waals surface area contributed by atoms with Gasteiger partial charge in [-0.1, -0.05) is 47.1 Å². The van der Waals surface area contributed by atoms with Crippen molar-refractivity contribution in [2.24, 2.45) is 0 Å². The molecule has 2 heterocycles. The number of carbonyl (C=O) groups excluding carboxylic acids is 1. The lowest BCUT2D eigenvalue weighted by Crippen LogP contribution is -2.11. The topological polar surface area (TPSA) is 73.0 Å². The maximum atomic E-state index is 12.4. The van der Waals surface area contributed by atoms with E-state index in [1.165, 1.54) is 0 Å². The van der Waals surface area contributed by atoms with Gasteiger partial charge in [0.2, 0.25) is 5.76 Å². The molecular weight excluding hydrogens is 352 g/mol. The van der Waals surface area contributed by atoms with E-state index in [9.17, 15) is 4.79 Å². The molecule has 0 spiro atoms. The van der Waals surface area contributed by atoms with Crippen molar-refractivity contribution in [3.63, 3.8) is 0 Å². The summed E-state index contributed by atoms with van der Waals surface area (Å²) in [5.41, 5.74) is 2.81. The van der Waals surface area contributed by atoms with Crippen LogP contribution in [-0.4, -0.2) is 20.6 Å². The van der Waals surface area contributed by atoms with Crippen LogP contribution in [0, 0.1) is 0 Å². The van der Waals surface area contributed by atoms with Crippen molar-refractivity contribution in [1.82, 2.24) is 14.7 Å². The standard InChI is InChI=1S/C19H13ClN4O2/c20-15-10-14(6-7-17(15)24-9-8-21-12-24)22-19(25)18-11-16(23-26-18)13-4-2-1-3-5-13/h1-12H,(H,22,25). The molecule has 0 aliphatic heterocycles. The monoisotopic (exact) mass is 364 g/mol.